The van der Waals surface area contributed by atoms with E-state index in [-0.39, 0.29) is 0 Å². The van der Waals surface area contributed by atoms with Gasteiger partial charge in [-0.2, -0.15) is 0 Å². The Kier molecular flexibility index (Phi) is 3.04. The lowest BCUT2D eigenvalue weighted by Crippen LogP contribution is -2.22. The van der Waals surface area contributed by atoms with Crippen LogP contribution in [0.4, 0.5) is 11.4 Å². The second-order valence-corrected chi connectivity index (χ2v) is 4.91. The first-order valence-electron chi connectivity index (χ1n) is 6.35. The van der Waals surface area contributed by atoms with Crippen LogP contribution in [0.25, 0.3) is 0 Å². The number of aromatic hydroxyl groups is 2. The second-order valence-electron chi connectivity index (χ2n) is 4.91. The summed E-state index contributed by atoms with van der Waals surface area (Å²) in [5, 5.41) is 41.4. The number of nitro groups is 2. The molecule has 0 bridgehead atoms. The zero-order valence-corrected chi connectivity index (χ0v) is 11.5. The number of benzene rings is 2. The summed E-state index contributed by atoms with van der Waals surface area (Å²) in [6.45, 7) is 0. The van der Waals surface area contributed by atoms with Crippen LogP contribution in [0.5, 0.6) is 11.5 Å². The van der Waals surface area contributed by atoms with Crippen LogP contribution in [0.1, 0.15) is 31.8 Å². The molecule has 1 aliphatic rings. The lowest BCUT2D eigenvalue weighted by atomic mass is 9.82. The number of carbonyl (C=O) groups excluding carboxylic acids is 2. The SMILES string of the molecule is O=C1c2cc([N+](=O)[O-])c(O)cc2C(=O)c2c([N+](=O)[O-])ccc(O)c21. The van der Waals surface area contributed by atoms with Gasteiger partial charge >= 0.3 is 5.69 Å². The van der Waals surface area contributed by atoms with Crippen LogP contribution >= 0.6 is 0 Å². The van der Waals surface area contributed by atoms with E-state index in [0.717, 1.165) is 12.1 Å². The van der Waals surface area contributed by atoms with E-state index in [1.54, 1.807) is 0 Å². The largest absolute Gasteiger partial charge is 0.507 e. The minimum atomic E-state index is -0.993. The van der Waals surface area contributed by atoms with E-state index in [1.165, 1.54) is 0 Å². The fourth-order valence-corrected chi connectivity index (χ4v) is 2.56. The fourth-order valence-electron chi connectivity index (χ4n) is 2.56. The molecule has 0 amide bonds. The molecule has 0 aromatic heterocycles. The van der Waals surface area contributed by atoms with Crippen LogP contribution in [0.15, 0.2) is 24.3 Å². The number of hydrogen-bond acceptors (Lipinski definition) is 8. The minimum absolute atomic E-state index is 0.413. The first kappa shape index (κ1) is 15.1. The van der Waals surface area contributed by atoms with Gasteiger partial charge in [-0.05, 0) is 12.1 Å². The van der Waals surface area contributed by atoms with Gasteiger partial charge in [0.2, 0.25) is 5.78 Å². The number of nitro benzene ring substituents is 2. The van der Waals surface area contributed by atoms with E-state index in [1.807, 2.05) is 0 Å². The van der Waals surface area contributed by atoms with Crippen molar-refractivity contribution in [2.75, 3.05) is 0 Å². The highest BCUT2D eigenvalue weighted by atomic mass is 16.6. The van der Waals surface area contributed by atoms with Gasteiger partial charge in [-0.25, -0.2) is 0 Å². The van der Waals surface area contributed by atoms with Gasteiger partial charge in [-0.3, -0.25) is 29.8 Å². The normalized spacial score (nSPS) is 12.5. The quantitative estimate of drug-likeness (QED) is 0.530. The second kappa shape index (κ2) is 4.84. The van der Waals surface area contributed by atoms with E-state index >= 15 is 0 Å². The predicted octanol–water partition coefficient (Wildman–Crippen LogP) is 1.69. The van der Waals surface area contributed by atoms with Crippen LogP contribution < -0.4 is 0 Å². The van der Waals surface area contributed by atoms with Gasteiger partial charge < -0.3 is 10.2 Å². The van der Waals surface area contributed by atoms with E-state index in [2.05, 4.69) is 0 Å². The standard InChI is InChI=1S/C14H6N2O8/c17-9-2-1-7(15(21)22)11-12(9)14(20)5-3-8(16(23)24)10(18)4-6(5)13(11)19/h1-4,17-18H. The molecule has 3 rings (SSSR count). The fraction of sp³-hybridized carbons (Fsp3) is 0. The summed E-state index contributed by atoms with van der Waals surface area (Å²) in [6, 6.07) is 3.17. The van der Waals surface area contributed by atoms with Crippen molar-refractivity contribution in [2.45, 2.75) is 0 Å². The van der Waals surface area contributed by atoms with Crippen LogP contribution in [0, 0.1) is 20.2 Å². The highest BCUT2D eigenvalue weighted by Gasteiger charge is 2.39. The Labute approximate surface area is 131 Å². The van der Waals surface area contributed by atoms with Crippen molar-refractivity contribution >= 4 is 22.9 Å². The molecule has 0 spiro atoms. The topological polar surface area (TPSA) is 161 Å². The predicted molar refractivity (Wildman–Crippen MR) is 76.4 cm³/mol. The van der Waals surface area contributed by atoms with Crippen LogP contribution in [-0.4, -0.2) is 31.6 Å². The third-order valence-electron chi connectivity index (χ3n) is 3.61. The number of rotatable bonds is 2. The van der Waals surface area contributed by atoms with Crippen molar-refractivity contribution in [2.24, 2.45) is 0 Å². The molecule has 120 valence electrons. The third-order valence-corrected chi connectivity index (χ3v) is 3.61. The van der Waals surface area contributed by atoms with Gasteiger partial charge in [0.15, 0.2) is 11.5 Å². The van der Waals surface area contributed by atoms with Gasteiger partial charge in [0.1, 0.15) is 11.3 Å². The molecule has 2 N–H and O–H groups in total. The Bertz CT molecular complexity index is 979. The monoisotopic (exact) mass is 330 g/mol. The maximum absolute atomic E-state index is 12.5. The molecular weight excluding hydrogens is 324 g/mol. The summed E-state index contributed by atoms with van der Waals surface area (Å²) >= 11 is 0. The Balaban J connectivity index is 2.38. The van der Waals surface area contributed by atoms with Crippen molar-refractivity contribution < 1.29 is 29.6 Å². The molecule has 0 saturated heterocycles. The molecule has 0 unspecified atom stereocenters. The lowest BCUT2D eigenvalue weighted by Gasteiger charge is -2.18. The molecule has 2 aromatic rings. The summed E-state index contributed by atoms with van der Waals surface area (Å²) in [5.74, 6) is -3.49. The molecule has 0 atom stereocenters. The van der Waals surface area contributed by atoms with Gasteiger partial charge in [-0.15, -0.1) is 0 Å². The summed E-state index contributed by atoms with van der Waals surface area (Å²) in [6.07, 6.45) is 0. The minimum Gasteiger partial charge on any atom is -0.507 e. The average molecular weight is 330 g/mol. The Morgan fingerprint density at radius 2 is 1.29 bits per heavy atom. The van der Waals surface area contributed by atoms with Crippen molar-refractivity contribution in [3.8, 4) is 11.5 Å². The summed E-state index contributed by atoms with van der Waals surface area (Å²) in [7, 11) is 0. The maximum atomic E-state index is 12.5. The van der Waals surface area contributed by atoms with E-state index in [9.17, 15) is 40.0 Å². The molecule has 0 radical (unpaired) electrons. The van der Waals surface area contributed by atoms with E-state index < -0.39 is 66.5 Å². The summed E-state index contributed by atoms with van der Waals surface area (Å²) < 4.78 is 0. The number of phenols is 2. The molecule has 10 heteroatoms. The number of hydrogen-bond donors (Lipinski definition) is 2. The molecule has 0 heterocycles. The van der Waals surface area contributed by atoms with Gasteiger partial charge in [0.05, 0.1) is 15.4 Å². The van der Waals surface area contributed by atoms with Crippen LogP contribution in [0.2, 0.25) is 0 Å². The lowest BCUT2D eigenvalue weighted by molar-refractivity contribution is -0.385. The molecule has 0 fully saturated rings. The first-order valence-corrected chi connectivity index (χ1v) is 6.35. The zero-order valence-electron chi connectivity index (χ0n) is 11.5. The van der Waals surface area contributed by atoms with Crippen LogP contribution in [0.3, 0.4) is 0 Å². The zero-order chi connectivity index (χ0) is 17.8. The van der Waals surface area contributed by atoms with Gasteiger partial charge in [0, 0.05) is 23.3 Å². The number of carbonyl (C=O) groups is 2. The Morgan fingerprint density at radius 1 is 0.750 bits per heavy atom. The number of phenolic OH excluding ortho intramolecular Hbond substituents is 2. The summed E-state index contributed by atoms with van der Waals surface area (Å²) in [5.41, 5.74) is -3.54. The molecule has 10 nitrogen and oxygen atoms in total. The van der Waals surface area contributed by atoms with Crippen molar-refractivity contribution in [3.63, 3.8) is 0 Å². The number of ketones is 2. The third kappa shape index (κ3) is 1.90. The molecule has 0 aliphatic heterocycles. The molecule has 1 aliphatic carbocycles. The van der Waals surface area contributed by atoms with Crippen molar-refractivity contribution in [3.05, 3.63) is 66.7 Å². The van der Waals surface area contributed by atoms with E-state index in [0.29, 0.717) is 12.1 Å². The Hall–Kier alpha value is -3.82. The van der Waals surface area contributed by atoms with Crippen molar-refractivity contribution in [1.82, 2.24) is 0 Å². The van der Waals surface area contributed by atoms with E-state index in [4.69, 9.17) is 0 Å². The molecule has 0 saturated carbocycles. The maximum Gasteiger partial charge on any atom is 0.311 e. The van der Waals surface area contributed by atoms with Gasteiger partial charge in [0.25, 0.3) is 5.69 Å². The summed E-state index contributed by atoms with van der Waals surface area (Å²) in [4.78, 5) is 45.1. The Morgan fingerprint density at radius 3 is 1.88 bits per heavy atom. The first-order chi connectivity index (χ1) is 11.2. The highest BCUT2D eigenvalue weighted by molar-refractivity contribution is 6.31. The average Bonchev–Trinajstić information content (AvgIpc) is 2.51. The van der Waals surface area contributed by atoms with Crippen molar-refractivity contribution in [1.29, 1.82) is 0 Å². The molecule has 24 heavy (non-hydrogen) atoms. The van der Waals surface area contributed by atoms with Crippen LogP contribution in [-0.2, 0) is 0 Å². The van der Waals surface area contributed by atoms with Gasteiger partial charge in [-0.1, -0.05) is 0 Å². The number of nitrogens with zero attached hydrogens (tertiary/aromatic N) is 2. The smallest absolute Gasteiger partial charge is 0.311 e. The molecular formula is C14H6N2O8. The highest BCUT2D eigenvalue weighted by Crippen LogP contribution is 2.40. The molecule has 2 aromatic carbocycles. The number of fused-ring (bicyclic) bond motifs is 2.